The molecule has 4 heterocycles. The molecule has 0 aliphatic carbocycles. The van der Waals surface area contributed by atoms with Gasteiger partial charge in [-0.2, -0.15) is 18.3 Å². The van der Waals surface area contributed by atoms with Gasteiger partial charge in [-0.15, -0.1) is 0 Å². The monoisotopic (exact) mass is 494 g/mol. The lowest BCUT2D eigenvalue weighted by Crippen LogP contribution is -2.62. The molecule has 3 saturated heterocycles. The van der Waals surface area contributed by atoms with Crippen molar-refractivity contribution in [1.29, 1.82) is 0 Å². The quantitative estimate of drug-likeness (QED) is 0.699. The van der Waals surface area contributed by atoms with E-state index in [-0.39, 0.29) is 48.2 Å². The van der Waals surface area contributed by atoms with Crippen LogP contribution < -0.4 is 10.1 Å². The van der Waals surface area contributed by atoms with E-state index in [1.165, 1.54) is 23.4 Å². The topological polar surface area (TPSA) is 102 Å². The summed E-state index contributed by atoms with van der Waals surface area (Å²) in [5.74, 6) is -0.0923. The molecule has 5 rings (SSSR count). The SMILES string of the molecule is O=C1CO[C@H]2CCN(C(=O)N3CCC(Oc4cc(-n5cncn5)cc(C(F)(F)F)c4)CC3)C[C@H]2N1. The molecule has 13 heteroatoms. The number of ether oxygens (including phenoxy) is 2. The van der Waals surface area contributed by atoms with Crippen molar-refractivity contribution in [2.24, 2.45) is 0 Å². The summed E-state index contributed by atoms with van der Waals surface area (Å²) >= 11 is 0. The molecule has 2 atom stereocenters. The van der Waals surface area contributed by atoms with Crippen LogP contribution in [0.15, 0.2) is 30.9 Å². The van der Waals surface area contributed by atoms with Gasteiger partial charge in [-0.1, -0.05) is 0 Å². The van der Waals surface area contributed by atoms with Gasteiger partial charge in [0.2, 0.25) is 5.91 Å². The van der Waals surface area contributed by atoms with E-state index in [4.69, 9.17) is 9.47 Å². The largest absolute Gasteiger partial charge is 0.490 e. The van der Waals surface area contributed by atoms with Crippen LogP contribution in [0.25, 0.3) is 5.69 Å². The van der Waals surface area contributed by atoms with Crippen molar-refractivity contribution in [2.45, 2.75) is 43.7 Å². The number of aromatic nitrogens is 3. The summed E-state index contributed by atoms with van der Waals surface area (Å²) in [6.07, 6.45) is -0.766. The lowest BCUT2D eigenvalue weighted by molar-refractivity contribution is -0.140. The molecular formula is C22H25F3N6O4. The minimum absolute atomic E-state index is 0.0504. The first-order chi connectivity index (χ1) is 16.8. The molecule has 3 fully saturated rings. The highest BCUT2D eigenvalue weighted by atomic mass is 19.4. The van der Waals surface area contributed by atoms with Gasteiger partial charge >= 0.3 is 12.2 Å². The van der Waals surface area contributed by atoms with Gasteiger partial charge in [0.1, 0.15) is 31.1 Å². The fourth-order valence-electron chi connectivity index (χ4n) is 4.72. The number of hydrogen-bond donors (Lipinski definition) is 1. The van der Waals surface area contributed by atoms with Gasteiger partial charge in [0, 0.05) is 45.1 Å². The zero-order valence-corrected chi connectivity index (χ0v) is 18.8. The minimum atomic E-state index is -4.54. The highest BCUT2D eigenvalue weighted by Gasteiger charge is 2.38. The number of alkyl halides is 3. The first-order valence-electron chi connectivity index (χ1n) is 11.4. The van der Waals surface area contributed by atoms with Crippen LogP contribution in [0.3, 0.4) is 0 Å². The van der Waals surface area contributed by atoms with Crippen LogP contribution in [0.4, 0.5) is 18.0 Å². The first kappa shape index (κ1) is 23.4. The Labute approximate surface area is 199 Å². The molecule has 3 aliphatic heterocycles. The average Bonchev–Trinajstić information content (AvgIpc) is 3.38. The Morgan fingerprint density at radius 2 is 1.89 bits per heavy atom. The maximum absolute atomic E-state index is 13.4. The number of fused-ring (bicyclic) bond motifs is 1. The molecule has 0 bridgehead atoms. The molecule has 3 aliphatic rings. The maximum atomic E-state index is 13.4. The Morgan fingerprint density at radius 3 is 2.60 bits per heavy atom. The number of halogens is 3. The van der Waals surface area contributed by atoms with Crippen molar-refractivity contribution in [1.82, 2.24) is 29.9 Å². The smallest absolute Gasteiger partial charge is 0.416 e. The number of carbonyl (C=O) groups excluding carboxylic acids is 2. The van der Waals surface area contributed by atoms with Gasteiger partial charge in [0.25, 0.3) is 0 Å². The van der Waals surface area contributed by atoms with Crippen LogP contribution in [-0.4, -0.2) is 87.5 Å². The summed E-state index contributed by atoms with van der Waals surface area (Å²) < 4.78 is 53.0. The number of morpholine rings is 1. The van der Waals surface area contributed by atoms with Crippen LogP contribution in [0.1, 0.15) is 24.8 Å². The Bertz CT molecular complexity index is 1070. The number of urea groups is 1. The second-order valence-electron chi connectivity index (χ2n) is 8.90. The predicted molar refractivity (Wildman–Crippen MR) is 115 cm³/mol. The molecule has 3 amide bonds. The fraction of sp³-hybridized carbons (Fsp3) is 0.545. The van der Waals surface area contributed by atoms with Crippen molar-refractivity contribution in [3.05, 3.63) is 36.4 Å². The van der Waals surface area contributed by atoms with Crippen molar-refractivity contribution < 1.29 is 32.2 Å². The summed E-state index contributed by atoms with van der Waals surface area (Å²) in [5, 5.41) is 6.79. The van der Waals surface area contributed by atoms with Crippen LogP contribution in [0, 0.1) is 0 Å². The number of nitrogens with zero attached hydrogens (tertiary/aromatic N) is 5. The van der Waals surface area contributed by atoms with Gasteiger partial charge < -0.3 is 24.6 Å². The Kier molecular flexibility index (Phi) is 6.26. The van der Waals surface area contributed by atoms with E-state index in [9.17, 15) is 22.8 Å². The van der Waals surface area contributed by atoms with Crippen LogP contribution in [0.2, 0.25) is 0 Å². The number of carbonyl (C=O) groups is 2. The molecule has 188 valence electrons. The summed E-state index contributed by atoms with van der Waals surface area (Å²) in [7, 11) is 0. The summed E-state index contributed by atoms with van der Waals surface area (Å²) in [6, 6.07) is 3.13. The third kappa shape index (κ3) is 5.19. The molecule has 10 nitrogen and oxygen atoms in total. The second-order valence-corrected chi connectivity index (χ2v) is 8.90. The Morgan fingerprint density at radius 1 is 1.11 bits per heavy atom. The average molecular weight is 494 g/mol. The number of benzene rings is 1. The standard InChI is InChI=1S/C22H25F3N6O4/c23-22(24,25)14-7-15(31-13-26-12-27-31)9-17(8-14)35-16-1-4-29(5-2-16)21(33)30-6-3-19-18(10-30)28-20(32)11-34-19/h7-9,12-13,16,18-19H,1-6,10-11H2,(H,28,32)/t18-,19+/m1/s1. The molecule has 0 unspecified atom stereocenters. The third-order valence-corrected chi connectivity index (χ3v) is 6.51. The highest BCUT2D eigenvalue weighted by molar-refractivity contribution is 5.79. The lowest BCUT2D eigenvalue weighted by atomic mass is 10.0. The van der Waals surface area contributed by atoms with Crippen molar-refractivity contribution in [2.75, 3.05) is 32.8 Å². The molecule has 35 heavy (non-hydrogen) atoms. The number of likely N-dealkylation sites (tertiary alicyclic amines) is 2. The normalized spacial score (nSPS) is 23.6. The molecule has 1 N–H and O–H groups in total. The molecule has 2 aromatic rings. The fourth-order valence-corrected chi connectivity index (χ4v) is 4.72. The minimum Gasteiger partial charge on any atom is -0.490 e. The van der Waals surface area contributed by atoms with E-state index < -0.39 is 11.7 Å². The van der Waals surface area contributed by atoms with Crippen molar-refractivity contribution in [3.8, 4) is 11.4 Å². The molecule has 0 radical (unpaired) electrons. The van der Waals surface area contributed by atoms with Crippen LogP contribution in [0.5, 0.6) is 5.75 Å². The third-order valence-electron chi connectivity index (χ3n) is 6.51. The first-order valence-corrected chi connectivity index (χ1v) is 11.4. The maximum Gasteiger partial charge on any atom is 0.416 e. The number of piperidine rings is 2. The molecule has 1 aromatic carbocycles. The van der Waals surface area contributed by atoms with E-state index in [0.29, 0.717) is 45.4 Å². The molecule has 0 spiro atoms. The summed E-state index contributed by atoms with van der Waals surface area (Å²) in [4.78, 5) is 31.9. The zero-order valence-electron chi connectivity index (χ0n) is 18.8. The van der Waals surface area contributed by atoms with Gasteiger partial charge in [-0.05, 0) is 18.6 Å². The van der Waals surface area contributed by atoms with E-state index in [1.807, 2.05) is 0 Å². The van der Waals surface area contributed by atoms with Gasteiger partial charge in [-0.25, -0.2) is 14.5 Å². The van der Waals surface area contributed by atoms with E-state index in [2.05, 4.69) is 15.4 Å². The van der Waals surface area contributed by atoms with Gasteiger partial charge in [0.05, 0.1) is 23.4 Å². The molecular weight excluding hydrogens is 469 g/mol. The number of rotatable bonds is 3. The highest BCUT2D eigenvalue weighted by Crippen LogP contribution is 2.34. The summed E-state index contributed by atoms with van der Waals surface area (Å²) in [5.41, 5.74) is -0.641. The Balaban J connectivity index is 1.20. The van der Waals surface area contributed by atoms with Gasteiger partial charge in [0.15, 0.2) is 0 Å². The van der Waals surface area contributed by atoms with Crippen LogP contribution in [-0.2, 0) is 15.7 Å². The van der Waals surface area contributed by atoms with Crippen molar-refractivity contribution in [3.63, 3.8) is 0 Å². The predicted octanol–water partition coefficient (Wildman–Crippen LogP) is 1.84. The van der Waals surface area contributed by atoms with Gasteiger partial charge in [-0.3, -0.25) is 4.79 Å². The van der Waals surface area contributed by atoms with E-state index in [1.54, 1.807) is 9.80 Å². The number of hydrogen-bond acceptors (Lipinski definition) is 6. The van der Waals surface area contributed by atoms with Crippen molar-refractivity contribution >= 4 is 11.9 Å². The number of amides is 3. The molecule has 0 saturated carbocycles. The molecule has 1 aromatic heterocycles. The van der Waals surface area contributed by atoms with Crippen LogP contribution >= 0.6 is 0 Å². The number of nitrogens with one attached hydrogen (secondary N) is 1. The second kappa shape index (κ2) is 9.36. The Hall–Kier alpha value is -3.35. The zero-order chi connectivity index (χ0) is 24.6. The lowest BCUT2D eigenvalue weighted by Gasteiger charge is -2.43. The summed E-state index contributed by atoms with van der Waals surface area (Å²) in [6.45, 7) is 1.83. The van der Waals surface area contributed by atoms with E-state index in [0.717, 1.165) is 12.1 Å². The van der Waals surface area contributed by atoms with E-state index >= 15 is 0 Å².